The third kappa shape index (κ3) is 12.2. The average Bonchev–Trinajstić information content (AvgIpc) is 3.44. The maximum absolute atomic E-state index is 5.38. The highest BCUT2D eigenvalue weighted by atomic mass is 79.9. The minimum atomic E-state index is 0. The van der Waals surface area contributed by atoms with Crippen molar-refractivity contribution < 1.29 is 18.9 Å². The number of nitrogens with one attached hydrogen (secondary N) is 1. The van der Waals surface area contributed by atoms with Gasteiger partial charge in [0.2, 0.25) is 0 Å². The number of alkyl halides is 1. The van der Waals surface area contributed by atoms with E-state index in [1.165, 1.54) is 0 Å². The van der Waals surface area contributed by atoms with Crippen LogP contribution in [0.4, 0.5) is 0 Å². The summed E-state index contributed by atoms with van der Waals surface area (Å²) in [5.41, 5.74) is 3.59. The van der Waals surface area contributed by atoms with E-state index in [0.717, 1.165) is 31.0 Å². The topological polar surface area (TPSA) is 109 Å². The van der Waals surface area contributed by atoms with Gasteiger partial charge in [-0.05, 0) is 36.4 Å². The van der Waals surface area contributed by atoms with Crippen molar-refractivity contribution in [2.45, 2.75) is 21.6 Å². The Morgan fingerprint density at radius 1 is 0.829 bits per heavy atom. The summed E-state index contributed by atoms with van der Waals surface area (Å²) in [7, 11) is 3.27. The van der Waals surface area contributed by atoms with Crippen LogP contribution in [0.1, 0.15) is 14.9 Å². The maximum Gasteiger partial charge on any atom is 0.141 e. The van der Waals surface area contributed by atoms with E-state index < -0.39 is 0 Å². The zero-order chi connectivity index (χ0) is 23.9. The molecule has 0 amide bonds. The molecule has 13 heteroatoms. The number of benzene rings is 2. The van der Waals surface area contributed by atoms with E-state index in [2.05, 4.69) is 62.3 Å². The molecule has 2 aromatic heterocycles. The van der Waals surface area contributed by atoms with Gasteiger partial charge in [-0.1, -0.05) is 63.5 Å². The summed E-state index contributed by atoms with van der Waals surface area (Å²) in [4.78, 5) is 0. The van der Waals surface area contributed by atoms with Crippen LogP contribution < -0.4 is 0 Å². The quantitative estimate of drug-likeness (QED) is 0.185. The molecular weight excluding hydrogens is 608 g/mol. The first-order valence-electron chi connectivity index (χ1n) is 9.73. The van der Waals surface area contributed by atoms with Gasteiger partial charge in [0, 0.05) is 23.2 Å². The molecule has 2 heterocycles. The first-order valence-corrected chi connectivity index (χ1v) is 11.8. The van der Waals surface area contributed by atoms with Crippen molar-refractivity contribution in [2.24, 2.45) is 0 Å². The third-order valence-electron chi connectivity index (χ3n) is 3.91. The molecule has 4 rings (SSSR count). The normalized spacial score (nSPS) is 9.97. The van der Waals surface area contributed by atoms with Crippen molar-refractivity contribution in [3.8, 4) is 0 Å². The predicted octanol–water partition coefficient (Wildman–Crippen LogP) is 5.65. The number of fused-ring (bicyclic) bond motifs is 2. The summed E-state index contributed by atoms with van der Waals surface area (Å²) in [6, 6.07) is 11.8. The molecule has 0 aliphatic rings. The van der Waals surface area contributed by atoms with E-state index in [9.17, 15) is 0 Å². The van der Waals surface area contributed by atoms with Crippen LogP contribution in [-0.4, -0.2) is 77.1 Å². The summed E-state index contributed by atoms with van der Waals surface area (Å²) in [6.07, 6.45) is 0. The molecule has 0 unspecified atom stereocenters. The number of hydrogen-bond donors (Lipinski definition) is 1. The van der Waals surface area contributed by atoms with Crippen molar-refractivity contribution in [1.29, 1.82) is 0 Å². The van der Waals surface area contributed by atoms with Gasteiger partial charge in [0.05, 0.1) is 31.9 Å². The summed E-state index contributed by atoms with van der Waals surface area (Å²) < 4.78 is 23.4. The Labute approximate surface area is 227 Å². The fraction of sp³-hybridized carbons (Fsp3) is 0.455. The first-order chi connectivity index (χ1) is 16.1. The smallest absolute Gasteiger partial charge is 0.141 e. The molecule has 0 saturated heterocycles. The molecule has 2 aromatic carbocycles. The van der Waals surface area contributed by atoms with Crippen LogP contribution in [0.15, 0.2) is 45.3 Å². The number of aromatic amines is 1. The van der Waals surface area contributed by atoms with E-state index >= 15 is 0 Å². The van der Waals surface area contributed by atoms with Gasteiger partial charge in [0.1, 0.15) is 29.3 Å². The summed E-state index contributed by atoms with van der Waals surface area (Å²) in [5.74, 6) is 0. The van der Waals surface area contributed by atoms with Crippen LogP contribution in [0.25, 0.3) is 22.1 Å². The summed E-state index contributed by atoms with van der Waals surface area (Å²) in [5, 5.41) is 18.4. The Hall–Kier alpha value is -1.67. The molecule has 0 atom stereocenters. The summed E-state index contributed by atoms with van der Waals surface area (Å²) in [6.45, 7) is 2.72. The SMILES string of the molecule is Brc1ccc2n[nH]nc2c1.C.C.COCCOCCl.COCCOCn1nnc2cc(Br)ccc21. The number of nitrogens with zero attached hydrogens (tertiary/aromatic N) is 5. The molecule has 0 spiro atoms. The molecule has 0 radical (unpaired) electrons. The van der Waals surface area contributed by atoms with Gasteiger partial charge < -0.3 is 18.9 Å². The van der Waals surface area contributed by atoms with Crippen LogP contribution in [0.2, 0.25) is 0 Å². The number of hydrogen-bond acceptors (Lipinski definition) is 8. The number of ether oxygens (including phenoxy) is 4. The molecule has 0 bridgehead atoms. The number of methoxy groups -OCH3 is 2. The maximum atomic E-state index is 5.38. The van der Waals surface area contributed by atoms with Gasteiger partial charge in [0.15, 0.2) is 0 Å². The number of rotatable bonds is 9. The lowest BCUT2D eigenvalue weighted by molar-refractivity contribution is 0.0300. The first kappa shape index (κ1) is 33.3. The Morgan fingerprint density at radius 2 is 1.43 bits per heavy atom. The van der Waals surface area contributed by atoms with Crippen molar-refractivity contribution in [1.82, 2.24) is 30.4 Å². The second kappa shape index (κ2) is 19.5. The van der Waals surface area contributed by atoms with Gasteiger partial charge in [-0.25, -0.2) is 4.68 Å². The van der Waals surface area contributed by atoms with Crippen LogP contribution in [0.3, 0.4) is 0 Å². The second-order valence-corrected chi connectivity index (χ2v) is 8.27. The van der Waals surface area contributed by atoms with E-state index in [-0.39, 0.29) is 20.9 Å². The molecule has 0 fully saturated rings. The van der Waals surface area contributed by atoms with Gasteiger partial charge in [0.25, 0.3) is 0 Å². The highest BCUT2D eigenvalue weighted by Crippen LogP contribution is 2.17. The highest BCUT2D eigenvalue weighted by Gasteiger charge is 2.04. The lowest BCUT2D eigenvalue weighted by Crippen LogP contribution is -2.08. The standard InChI is InChI=1S/C10H12BrN3O2.C6H4BrN3.C4H9ClO2.2CH4/c1-15-4-5-16-7-14-10-3-2-8(11)6-9(10)12-13-14;7-4-1-2-5-6(3-4)9-10-8-5;1-6-2-3-7-4-5;;/h2-3,6H,4-5,7H2,1H3;1-3H,(H,8,9,10);2-4H2,1H3;2*1H4. The highest BCUT2D eigenvalue weighted by molar-refractivity contribution is 9.10. The van der Waals surface area contributed by atoms with E-state index in [0.29, 0.717) is 33.2 Å². The van der Waals surface area contributed by atoms with E-state index in [1.807, 2.05) is 36.4 Å². The fourth-order valence-corrected chi connectivity index (χ4v) is 3.15. The van der Waals surface area contributed by atoms with Crippen molar-refractivity contribution in [2.75, 3.05) is 46.7 Å². The lowest BCUT2D eigenvalue weighted by atomic mass is 10.3. The Kier molecular flexibility index (Phi) is 18.6. The van der Waals surface area contributed by atoms with Crippen molar-refractivity contribution in [3.05, 3.63) is 45.3 Å². The van der Waals surface area contributed by atoms with Gasteiger partial charge in [-0.15, -0.1) is 5.10 Å². The minimum absolute atomic E-state index is 0. The second-order valence-electron chi connectivity index (χ2n) is 6.22. The number of aromatic nitrogens is 6. The molecule has 0 saturated carbocycles. The Bertz CT molecular complexity index is 1080. The van der Waals surface area contributed by atoms with Gasteiger partial charge in [-0.2, -0.15) is 15.4 Å². The zero-order valence-electron chi connectivity index (χ0n) is 18.2. The number of halogens is 3. The van der Waals surface area contributed by atoms with Crippen LogP contribution in [0, 0.1) is 0 Å². The summed E-state index contributed by atoms with van der Waals surface area (Å²) >= 11 is 11.9. The Balaban J connectivity index is 0.000000527. The van der Waals surface area contributed by atoms with Crippen LogP contribution >= 0.6 is 43.5 Å². The molecule has 10 nitrogen and oxygen atoms in total. The van der Waals surface area contributed by atoms with Gasteiger partial charge >= 0.3 is 0 Å². The molecular formula is C22H33Br2ClN6O4. The van der Waals surface area contributed by atoms with Gasteiger partial charge in [-0.3, -0.25) is 0 Å². The zero-order valence-corrected chi connectivity index (χ0v) is 22.1. The molecule has 1 N–H and O–H groups in total. The van der Waals surface area contributed by atoms with Crippen molar-refractivity contribution >= 4 is 65.5 Å². The van der Waals surface area contributed by atoms with Crippen molar-refractivity contribution in [3.63, 3.8) is 0 Å². The molecule has 35 heavy (non-hydrogen) atoms. The fourth-order valence-electron chi connectivity index (χ4n) is 2.34. The van der Waals surface area contributed by atoms with E-state index in [1.54, 1.807) is 18.9 Å². The van der Waals surface area contributed by atoms with Crippen LogP contribution in [-0.2, 0) is 25.7 Å². The monoisotopic (exact) mass is 638 g/mol. The largest absolute Gasteiger partial charge is 0.382 e. The lowest BCUT2D eigenvalue weighted by Gasteiger charge is -2.03. The predicted molar refractivity (Wildman–Crippen MR) is 147 cm³/mol. The third-order valence-corrected chi connectivity index (χ3v) is 5.05. The van der Waals surface area contributed by atoms with Crippen LogP contribution in [0.5, 0.6) is 0 Å². The average molecular weight is 641 g/mol. The number of H-pyrrole nitrogens is 1. The molecule has 0 aliphatic carbocycles. The molecule has 196 valence electrons. The molecule has 4 aromatic rings. The minimum Gasteiger partial charge on any atom is -0.382 e. The van der Waals surface area contributed by atoms with E-state index in [4.69, 9.17) is 25.8 Å². The Morgan fingerprint density at radius 3 is 2.09 bits per heavy atom. The molecule has 0 aliphatic heterocycles.